The van der Waals surface area contributed by atoms with Crippen molar-refractivity contribution in [3.63, 3.8) is 0 Å². The summed E-state index contributed by atoms with van der Waals surface area (Å²) in [6, 6.07) is 4.00. The van der Waals surface area contributed by atoms with Gasteiger partial charge in [0.25, 0.3) is 0 Å². The van der Waals surface area contributed by atoms with Crippen molar-refractivity contribution in [1.29, 1.82) is 0 Å². The van der Waals surface area contributed by atoms with Crippen LogP contribution < -0.4 is 5.32 Å². The van der Waals surface area contributed by atoms with Crippen LogP contribution in [0.4, 0.5) is 0 Å². The summed E-state index contributed by atoms with van der Waals surface area (Å²) in [5.74, 6) is 1.08. The average Bonchev–Trinajstić information content (AvgIpc) is 2.66. The second kappa shape index (κ2) is 5.50. The van der Waals surface area contributed by atoms with Gasteiger partial charge in [0.1, 0.15) is 15.6 Å². The zero-order valence-electron chi connectivity index (χ0n) is 9.93. The second-order valence-electron chi connectivity index (χ2n) is 4.22. The first-order valence-corrected chi connectivity index (χ1v) is 7.41. The minimum Gasteiger partial charge on any atom is -0.468 e. The molecule has 0 saturated heterocycles. The standard InChI is InChI=1S/C11H19NO3S/c1-9(6-8-16(3,13)14)12-10(2)11-5-4-7-15-11/h4-5,7,9-10,12H,6,8H2,1-3H3. The van der Waals surface area contributed by atoms with Gasteiger partial charge in [-0.2, -0.15) is 0 Å². The zero-order chi connectivity index (χ0) is 12.2. The van der Waals surface area contributed by atoms with Crippen LogP contribution in [0.1, 0.15) is 32.1 Å². The molecule has 0 aliphatic carbocycles. The molecule has 0 saturated carbocycles. The largest absolute Gasteiger partial charge is 0.468 e. The summed E-state index contributed by atoms with van der Waals surface area (Å²) in [7, 11) is -2.87. The van der Waals surface area contributed by atoms with Crippen LogP contribution in [0, 0.1) is 0 Å². The fourth-order valence-corrected chi connectivity index (χ4v) is 2.30. The number of nitrogens with one attached hydrogen (secondary N) is 1. The van der Waals surface area contributed by atoms with E-state index in [0.29, 0.717) is 6.42 Å². The molecule has 0 fully saturated rings. The fraction of sp³-hybridized carbons (Fsp3) is 0.636. The summed E-state index contributed by atoms with van der Waals surface area (Å²) in [4.78, 5) is 0. The normalized spacial score (nSPS) is 15.9. The molecule has 0 aliphatic heterocycles. The third-order valence-electron chi connectivity index (χ3n) is 2.43. The summed E-state index contributed by atoms with van der Waals surface area (Å²) < 4.78 is 27.3. The quantitative estimate of drug-likeness (QED) is 0.829. The molecule has 0 radical (unpaired) electrons. The van der Waals surface area contributed by atoms with Crippen molar-refractivity contribution < 1.29 is 12.8 Å². The molecule has 1 N–H and O–H groups in total. The SMILES string of the molecule is CC(CCS(C)(=O)=O)NC(C)c1ccco1. The molecule has 0 spiro atoms. The summed E-state index contributed by atoms with van der Waals surface area (Å²) in [5, 5.41) is 3.30. The average molecular weight is 245 g/mol. The molecule has 4 nitrogen and oxygen atoms in total. The van der Waals surface area contributed by atoms with Crippen LogP contribution in [0.15, 0.2) is 22.8 Å². The molecule has 1 aromatic rings. The van der Waals surface area contributed by atoms with E-state index in [2.05, 4.69) is 5.32 Å². The molecule has 92 valence electrons. The van der Waals surface area contributed by atoms with Gasteiger partial charge in [-0.15, -0.1) is 0 Å². The summed E-state index contributed by atoms with van der Waals surface area (Å²) in [5.41, 5.74) is 0. The smallest absolute Gasteiger partial charge is 0.147 e. The van der Waals surface area contributed by atoms with E-state index in [0.717, 1.165) is 5.76 Å². The topological polar surface area (TPSA) is 59.3 Å². The highest BCUT2D eigenvalue weighted by Gasteiger charge is 2.13. The highest BCUT2D eigenvalue weighted by atomic mass is 32.2. The Balaban J connectivity index is 2.37. The monoisotopic (exact) mass is 245 g/mol. The van der Waals surface area contributed by atoms with Crippen LogP contribution in [-0.2, 0) is 9.84 Å². The van der Waals surface area contributed by atoms with Crippen LogP contribution in [0.2, 0.25) is 0 Å². The fourth-order valence-electron chi connectivity index (χ4n) is 1.52. The minimum absolute atomic E-state index is 0.101. The lowest BCUT2D eigenvalue weighted by molar-refractivity contribution is 0.394. The van der Waals surface area contributed by atoms with E-state index in [4.69, 9.17) is 4.42 Å². The second-order valence-corrected chi connectivity index (χ2v) is 6.48. The lowest BCUT2D eigenvalue weighted by Crippen LogP contribution is -2.30. The lowest BCUT2D eigenvalue weighted by atomic mass is 10.2. The van der Waals surface area contributed by atoms with Crippen molar-refractivity contribution in [3.8, 4) is 0 Å². The first-order valence-electron chi connectivity index (χ1n) is 5.35. The van der Waals surface area contributed by atoms with Crippen molar-refractivity contribution in [2.24, 2.45) is 0 Å². The van der Waals surface area contributed by atoms with Crippen molar-refractivity contribution >= 4 is 9.84 Å². The van der Waals surface area contributed by atoms with E-state index in [9.17, 15) is 8.42 Å². The van der Waals surface area contributed by atoms with Crippen molar-refractivity contribution in [3.05, 3.63) is 24.2 Å². The van der Waals surface area contributed by atoms with E-state index in [1.54, 1.807) is 6.26 Å². The van der Waals surface area contributed by atoms with Gasteiger partial charge in [0.05, 0.1) is 18.1 Å². The van der Waals surface area contributed by atoms with E-state index >= 15 is 0 Å². The van der Waals surface area contributed by atoms with Gasteiger partial charge in [-0.25, -0.2) is 8.42 Å². The minimum atomic E-state index is -2.87. The summed E-state index contributed by atoms with van der Waals surface area (Å²) in [6.07, 6.45) is 3.51. The number of rotatable bonds is 6. The van der Waals surface area contributed by atoms with Crippen LogP contribution in [-0.4, -0.2) is 26.5 Å². The third kappa shape index (κ3) is 4.81. The zero-order valence-corrected chi connectivity index (χ0v) is 10.8. The lowest BCUT2D eigenvalue weighted by Gasteiger charge is -2.17. The molecule has 1 aromatic heterocycles. The molecular formula is C11H19NO3S. The maximum absolute atomic E-state index is 11.0. The van der Waals surface area contributed by atoms with E-state index in [-0.39, 0.29) is 17.8 Å². The van der Waals surface area contributed by atoms with E-state index in [1.807, 2.05) is 26.0 Å². The Hall–Kier alpha value is -0.810. The van der Waals surface area contributed by atoms with Gasteiger partial charge in [0, 0.05) is 12.3 Å². The van der Waals surface area contributed by atoms with Gasteiger partial charge in [-0.05, 0) is 32.4 Å². The van der Waals surface area contributed by atoms with Gasteiger partial charge >= 0.3 is 0 Å². The molecule has 1 rings (SSSR count). The van der Waals surface area contributed by atoms with Gasteiger partial charge in [0.15, 0.2) is 0 Å². The Bertz CT molecular complexity index is 397. The van der Waals surface area contributed by atoms with Crippen molar-refractivity contribution in [2.75, 3.05) is 12.0 Å². The first-order chi connectivity index (χ1) is 7.38. The molecule has 1 heterocycles. The molecular weight excluding hydrogens is 226 g/mol. The third-order valence-corrected chi connectivity index (χ3v) is 3.40. The molecule has 0 aliphatic rings. The molecule has 0 aromatic carbocycles. The number of sulfone groups is 1. The molecule has 16 heavy (non-hydrogen) atoms. The Labute approximate surface area is 97.0 Å². The first kappa shape index (κ1) is 13.3. The Morgan fingerprint density at radius 3 is 2.62 bits per heavy atom. The molecule has 0 bridgehead atoms. The Morgan fingerprint density at radius 1 is 1.44 bits per heavy atom. The van der Waals surface area contributed by atoms with E-state index < -0.39 is 9.84 Å². The highest BCUT2D eigenvalue weighted by Crippen LogP contribution is 2.13. The van der Waals surface area contributed by atoms with E-state index in [1.165, 1.54) is 6.26 Å². The summed E-state index contributed by atoms with van der Waals surface area (Å²) in [6.45, 7) is 3.97. The van der Waals surface area contributed by atoms with Crippen LogP contribution in [0.5, 0.6) is 0 Å². The predicted molar refractivity (Wildman–Crippen MR) is 64.0 cm³/mol. The predicted octanol–water partition coefficient (Wildman–Crippen LogP) is 1.75. The Morgan fingerprint density at radius 2 is 2.12 bits per heavy atom. The van der Waals surface area contributed by atoms with Crippen LogP contribution >= 0.6 is 0 Å². The van der Waals surface area contributed by atoms with Crippen molar-refractivity contribution in [2.45, 2.75) is 32.4 Å². The Kier molecular flexibility index (Phi) is 4.56. The summed E-state index contributed by atoms with van der Waals surface area (Å²) >= 11 is 0. The molecule has 2 unspecified atom stereocenters. The maximum Gasteiger partial charge on any atom is 0.147 e. The molecule has 2 atom stereocenters. The number of furan rings is 1. The van der Waals surface area contributed by atoms with Gasteiger partial charge in [-0.1, -0.05) is 0 Å². The van der Waals surface area contributed by atoms with Crippen LogP contribution in [0.3, 0.4) is 0 Å². The number of hydrogen-bond acceptors (Lipinski definition) is 4. The van der Waals surface area contributed by atoms with Crippen LogP contribution in [0.25, 0.3) is 0 Å². The molecule has 0 amide bonds. The van der Waals surface area contributed by atoms with Gasteiger partial charge in [0.2, 0.25) is 0 Å². The van der Waals surface area contributed by atoms with Gasteiger partial charge < -0.3 is 9.73 Å². The molecule has 5 heteroatoms. The number of hydrogen-bond donors (Lipinski definition) is 1. The highest BCUT2D eigenvalue weighted by molar-refractivity contribution is 7.90. The van der Waals surface area contributed by atoms with Gasteiger partial charge in [-0.3, -0.25) is 0 Å². The maximum atomic E-state index is 11.0. The van der Waals surface area contributed by atoms with Crippen molar-refractivity contribution in [1.82, 2.24) is 5.32 Å².